The Morgan fingerprint density at radius 1 is 1.53 bits per heavy atom. The Labute approximate surface area is 93.9 Å². The molecule has 1 atom stereocenters. The SMILES string of the molecule is CC(Cl)CC=O.N#Cc1ccc(O)cc1. The minimum absolute atomic E-state index is 0.00231. The van der Waals surface area contributed by atoms with Crippen LogP contribution in [-0.4, -0.2) is 16.8 Å². The minimum atomic E-state index is 0.00231. The molecular weight excluding hydrogens is 214 g/mol. The average molecular weight is 226 g/mol. The molecule has 4 heteroatoms. The van der Waals surface area contributed by atoms with Gasteiger partial charge in [-0.1, -0.05) is 0 Å². The number of aromatic hydroxyl groups is 1. The Balaban J connectivity index is 0.000000288. The van der Waals surface area contributed by atoms with Gasteiger partial charge in [0.05, 0.1) is 11.6 Å². The van der Waals surface area contributed by atoms with E-state index in [0.29, 0.717) is 12.0 Å². The normalized spacial score (nSPS) is 10.5. The number of hydrogen-bond acceptors (Lipinski definition) is 3. The summed E-state index contributed by atoms with van der Waals surface area (Å²) in [5.41, 5.74) is 0.563. The van der Waals surface area contributed by atoms with Crippen LogP contribution in [0.5, 0.6) is 5.75 Å². The fourth-order valence-electron chi connectivity index (χ4n) is 0.669. The highest BCUT2D eigenvalue weighted by Gasteiger charge is 1.89. The first-order valence-electron chi connectivity index (χ1n) is 4.37. The molecule has 0 amide bonds. The maximum Gasteiger partial charge on any atom is 0.121 e. The van der Waals surface area contributed by atoms with Crippen LogP contribution in [0.4, 0.5) is 0 Å². The van der Waals surface area contributed by atoms with Crippen LogP contribution in [-0.2, 0) is 4.79 Å². The number of carbonyl (C=O) groups excluding carboxylic acids is 1. The molecular formula is C11H12ClNO2. The van der Waals surface area contributed by atoms with Gasteiger partial charge in [-0.2, -0.15) is 5.26 Å². The largest absolute Gasteiger partial charge is 0.508 e. The molecule has 0 radical (unpaired) electrons. The summed E-state index contributed by atoms with van der Waals surface area (Å²) < 4.78 is 0. The van der Waals surface area contributed by atoms with Crippen LogP contribution in [0.2, 0.25) is 0 Å². The van der Waals surface area contributed by atoms with Gasteiger partial charge < -0.3 is 9.90 Å². The van der Waals surface area contributed by atoms with Gasteiger partial charge in [-0.15, -0.1) is 11.6 Å². The van der Waals surface area contributed by atoms with E-state index in [0.717, 1.165) is 6.29 Å². The highest BCUT2D eigenvalue weighted by atomic mass is 35.5. The van der Waals surface area contributed by atoms with E-state index < -0.39 is 0 Å². The maximum atomic E-state index is 9.53. The zero-order valence-electron chi connectivity index (χ0n) is 8.35. The molecule has 1 rings (SSSR count). The van der Waals surface area contributed by atoms with Gasteiger partial charge in [-0.3, -0.25) is 0 Å². The van der Waals surface area contributed by atoms with Crippen molar-refractivity contribution in [3.63, 3.8) is 0 Å². The predicted octanol–water partition coefficient (Wildman–Crippen LogP) is 2.47. The lowest BCUT2D eigenvalue weighted by Gasteiger charge is -1.87. The Hall–Kier alpha value is -1.53. The number of alkyl halides is 1. The van der Waals surface area contributed by atoms with Gasteiger partial charge in [0.25, 0.3) is 0 Å². The summed E-state index contributed by atoms with van der Waals surface area (Å²) in [6.07, 6.45) is 1.28. The zero-order valence-corrected chi connectivity index (χ0v) is 9.11. The highest BCUT2D eigenvalue weighted by molar-refractivity contribution is 6.21. The van der Waals surface area contributed by atoms with Crippen molar-refractivity contribution in [3.8, 4) is 11.8 Å². The van der Waals surface area contributed by atoms with Gasteiger partial charge in [-0.25, -0.2) is 0 Å². The molecule has 3 nitrogen and oxygen atoms in total. The quantitative estimate of drug-likeness (QED) is 0.621. The second-order valence-electron chi connectivity index (χ2n) is 2.84. The number of halogens is 1. The molecule has 0 fully saturated rings. The molecule has 0 aliphatic carbocycles. The molecule has 0 spiro atoms. The number of nitrogens with zero attached hydrogens (tertiary/aromatic N) is 1. The Morgan fingerprint density at radius 2 is 2.07 bits per heavy atom. The van der Waals surface area contributed by atoms with E-state index in [1.54, 1.807) is 19.1 Å². The van der Waals surface area contributed by atoms with Crippen LogP contribution in [0.25, 0.3) is 0 Å². The monoisotopic (exact) mass is 225 g/mol. The van der Waals surface area contributed by atoms with Gasteiger partial charge >= 0.3 is 0 Å². The topological polar surface area (TPSA) is 61.1 Å². The van der Waals surface area contributed by atoms with Crippen molar-refractivity contribution in [2.45, 2.75) is 18.7 Å². The first-order chi connectivity index (χ1) is 7.10. The number of aldehydes is 1. The van der Waals surface area contributed by atoms with E-state index >= 15 is 0 Å². The number of benzene rings is 1. The molecule has 0 bridgehead atoms. The van der Waals surface area contributed by atoms with E-state index in [4.69, 9.17) is 22.0 Å². The highest BCUT2D eigenvalue weighted by Crippen LogP contribution is 2.07. The van der Waals surface area contributed by atoms with E-state index in [2.05, 4.69) is 0 Å². The van der Waals surface area contributed by atoms with Crippen LogP contribution >= 0.6 is 11.6 Å². The van der Waals surface area contributed by atoms with Crippen molar-refractivity contribution >= 4 is 17.9 Å². The number of rotatable bonds is 2. The van der Waals surface area contributed by atoms with E-state index in [1.807, 2.05) is 6.07 Å². The fraction of sp³-hybridized carbons (Fsp3) is 0.273. The van der Waals surface area contributed by atoms with Crippen LogP contribution in [0.15, 0.2) is 24.3 Å². The van der Waals surface area contributed by atoms with Crippen molar-refractivity contribution in [2.75, 3.05) is 0 Å². The van der Waals surface area contributed by atoms with Gasteiger partial charge in [-0.05, 0) is 31.2 Å². The molecule has 0 saturated heterocycles. The minimum Gasteiger partial charge on any atom is -0.508 e. The molecule has 0 aliphatic heterocycles. The Kier molecular flexibility index (Phi) is 7.04. The molecule has 0 heterocycles. The van der Waals surface area contributed by atoms with E-state index in [1.165, 1.54) is 12.1 Å². The van der Waals surface area contributed by atoms with Crippen molar-refractivity contribution in [1.82, 2.24) is 0 Å². The third-order valence-electron chi connectivity index (χ3n) is 1.42. The van der Waals surface area contributed by atoms with Crippen molar-refractivity contribution in [1.29, 1.82) is 5.26 Å². The lowest BCUT2D eigenvalue weighted by Crippen LogP contribution is -1.88. The van der Waals surface area contributed by atoms with Crippen molar-refractivity contribution in [2.24, 2.45) is 0 Å². The van der Waals surface area contributed by atoms with Crippen LogP contribution in [0, 0.1) is 11.3 Å². The number of carbonyl (C=O) groups is 1. The molecule has 0 aliphatic rings. The van der Waals surface area contributed by atoms with E-state index in [-0.39, 0.29) is 11.1 Å². The second-order valence-corrected chi connectivity index (χ2v) is 3.59. The van der Waals surface area contributed by atoms with Crippen LogP contribution in [0.1, 0.15) is 18.9 Å². The average Bonchev–Trinajstić information content (AvgIpc) is 2.20. The van der Waals surface area contributed by atoms with Crippen LogP contribution < -0.4 is 0 Å². The number of phenolic OH excluding ortho intramolecular Hbond substituents is 1. The predicted molar refractivity (Wildman–Crippen MR) is 58.8 cm³/mol. The van der Waals surface area contributed by atoms with Gasteiger partial charge in [0, 0.05) is 11.8 Å². The van der Waals surface area contributed by atoms with Gasteiger partial charge in [0.2, 0.25) is 0 Å². The number of hydrogen-bond donors (Lipinski definition) is 1. The maximum absolute atomic E-state index is 9.53. The molecule has 1 aromatic carbocycles. The van der Waals surface area contributed by atoms with Crippen molar-refractivity contribution in [3.05, 3.63) is 29.8 Å². The lowest BCUT2D eigenvalue weighted by atomic mass is 10.2. The summed E-state index contributed by atoms with van der Waals surface area (Å²) in [6.45, 7) is 1.79. The third-order valence-corrected chi connectivity index (χ3v) is 1.60. The summed E-state index contributed by atoms with van der Waals surface area (Å²) in [4.78, 5) is 9.53. The van der Waals surface area contributed by atoms with Gasteiger partial charge in [0.1, 0.15) is 12.0 Å². The Morgan fingerprint density at radius 3 is 2.33 bits per heavy atom. The summed E-state index contributed by atoms with van der Waals surface area (Å²) >= 11 is 5.35. The molecule has 15 heavy (non-hydrogen) atoms. The Bertz CT molecular complexity index is 327. The molecule has 80 valence electrons. The smallest absolute Gasteiger partial charge is 0.121 e. The van der Waals surface area contributed by atoms with Crippen molar-refractivity contribution < 1.29 is 9.90 Å². The summed E-state index contributed by atoms with van der Waals surface area (Å²) in [5, 5.41) is 17.0. The molecule has 0 saturated carbocycles. The van der Waals surface area contributed by atoms with Crippen LogP contribution in [0.3, 0.4) is 0 Å². The number of nitriles is 1. The third kappa shape index (κ3) is 7.53. The molecule has 1 aromatic rings. The molecule has 0 aromatic heterocycles. The first kappa shape index (κ1) is 13.5. The van der Waals surface area contributed by atoms with E-state index in [9.17, 15) is 4.79 Å². The molecule has 1 unspecified atom stereocenters. The summed E-state index contributed by atoms with van der Waals surface area (Å²) in [6, 6.07) is 8.04. The molecule has 1 N–H and O–H groups in total. The summed E-state index contributed by atoms with van der Waals surface area (Å²) in [7, 11) is 0. The fourth-order valence-corrected chi connectivity index (χ4v) is 0.741. The summed E-state index contributed by atoms with van der Waals surface area (Å²) in [5.74, 6) is 0.189. The first-order valence-corrected chi connectivity index (χ1v) is 4.80. The standard InChI is InChI=1S/C7H5NO.C4H7ClO/c8-5-6-1-3-7(9)4-2-6;1-4(5)2-3-6/h1-4,9H;3-4H,2H2,1H3. The second kappa shape index (κ2) is 7.84. The van der Waals surface area contributed by atoms with Gasteiger partial charge in [0.15, 0.2) is 0 Å². The number of phenols is 1. The zero-order chi connectivity index (χ0) is 11.7. The lowest BCUT2D eigenvalue weighted by molar-refractivity contribution is -0.107.